The maximum atomic E-state index is 12.0. The molecular formula is C12H18N2O2S. The molecule has 4 nitrogen and oxygen atoms in total. The third kappa shape index (κ3) is 2.79. The van der Waals surface area contributed by atoms with Gasteiger partial charge in [0.25, 0.3) is 0 Å². The summed E-state index contributed by atoms with van der Waals surface area (Å²) in [5.41, 5.74) is 7.22. The van der Waals surface area contributed by atoms with E-state index in [1.54, 1.807) is 25.1 Å². The lowest BCUT2D eigenvalue weighted by molar-refractivity contribution is 0.530. The molecule has 1 aliphatic carbocycles. The lowest BCUT2D eigenvalue weighted by atomic mass is 10.2. The number of rotatable bonds is 4. The van der Waals surface area contributed by atoms with Crippen LogP contribution in [0, 0.1) is 12.3 Å². The summed E-state index contributed by atoms with van der Waals surface area (Å²) in [6.07, 6.45) is 2.19. The summed E-state index contributed by atoms with van der Waals surface area (Å²) >= 11 is 0. The van der Waals surface area contributed by atoms with Crippen LogP contribution in [0.1, 0.15) is 25.3 Å². The highest BCUT2D eigenvalue weighted by molar-refractivity contribution is 7.89. The Morgan fingerprint density at radius 1 is 1.41 bits per heavy atom. The largest absolute Gasteiger partial charge is 0.399 e. The highest BCUT2D eigenvalue weighted by Crippen LogP contribution is 2.44. The van der Waals surface area contributed by atoms with Crippen molar-refractivity contribution in [3.05, 3.63) is 23.8 Å². The molecule has 1 aromatic rings. The van der Waals surface area contributed by atoms with Crippen LogP contribution in [0.5, 0.6) is 0 Å². The average molecular weight is 254 g/mol. The third-order valence-electron chi connectivity index (χ3n) is 3.34. The Hall–Kier alpha value is -1.07. The van der Waals surface area contributed by atoms with Gasteiger partial charge in [0, 0.05) is 12.2 Å². The molecule has 2 rings (SSSR count). The van der Waals surface area contributed by atoms with Crippen molar-refractivity contribution in [3.63, 3.8) is 0 Å². The molecular weight excluding hydrogens is 236 g/mol. The van der Waals surface area contributed by atoms with Crippen LogP contribution in [-0.2, 0) is 10.0 Å². The number of aryl methyl sites for hydroxylation is 1. The molecule has 1 fully saturated rings. The Morgan fingerprint density at radius 2 is 2.06 bits per heavy atom. The molecule has 0 bridgehead atoms. The van der Waals surface area contributed by atoms with Gasteiger partial charge in [0.2, 0.25) is 10.0 Å². The predicted molar refractivity (Wildman–Crippen MR) is 68.1 cm³/mol. The number of anilines is 1. The molecule has 0 spiro atoms. The number of hydrogen-bond acceptors (Lipinski definition) is 3. The highest BCUT2D eigenvalue weighted by Gasteiger charge is 2.38. The average Bonchev–Trinajstić information content (AvgIpc) is 2.99. The molecule has 1 aliphatic rings. The van der Waals surface area contributed by atoms with E-state index in [1.165, 1.54) is 0 Å². The molecule has 0 aliphatic heterocycles. The van der Waals surface area contributed by atoms with Crippen LogP contribution in [0.25, 0.3) is 0 Å². The second-order valence-corrected chi connectivity index (χ2v) is 6.92. The Labute approximate surface area is 102 Å². The monoisotopic (exact) mass is 254 g/mol. The van der Waals surface area contributed by atoms with Crippen LogP contribution in [0.3, 0.4) is 0 Å². The minimum absolute atomic E-state index is 0.163. The lowest BCUT2D eigenvalue weighted by Crippen LogP contribution is -2.29. The smallest absolute Gasteiger partial charge is 0.240 e. The molecule has 0 saturated heterocycles. The fraction of sp³-hybridized carbons (Fsp3) is 0.500. The molecule has 0 atom stereocenters. The van der Waals surface area contributed by atoms with Crippen molar-refractivity contribution in [1.82, 2.24) is 4.72 Å². The van der Waals surface area contributed by atoms with E-state index >= 15 is 0 Å². The first-order valence-corrected chi connectivity index (χ1v) is 7.17. The molecule has 3 N–H and O–H groups in total. The van der Waals surface area contributed by atoms with Crippen molar-refractivity contribution in [2.45, 2.75) is 31.6 Å². The maximum absolute atomic E-state index is 12.0. The quantitative estimate of drug-likeness (QED) is 0.803. The van der Waals surface area contributed by atoms with E-state index in [9.17, 15) is 8.42 Å². The highest BCUT2D eigenvalue weighted by atomic mass is 32.2. The number of sulfonamides is 1. The molecule has 0 unspecified atom stereocenters. The molecule has 17 heavy (non-hydrogen) atoms. The third-order valence-corrected chi connectivity index (χ3v) is 4.74. The molecule has 1 saturated carbocycles. The Balaban J connectivity index is 2.16. The second kappa shape index (κ2) is 3.99. The SMILES string of the molecule is Cc1cc(S(=O)(=O)NCC2(C)CC2)ccc1N. The molecule has 1 aromatic carbocycles. The van der Waals surface area contributed by atoms with Crippen LogP contribution >= 0.6 is 0 Å². The first kappa shape index (κ1) is 12.4. The zero-order chi connectivity index (χ0) is 12.7. The van der Waals surface area contributed by atoms with Crippen molar-refractivity contribution < 1.29 is 8.42 Å². The van der Waals surface area contributed by atoms with Crippen molar-refractivity contribution in [3.8, 4) is 0 Å². The lowest BCUT2D eigenvalue weighted by Gasteiger charge is -2.11. The summed E-state index contributed by atoms with van der Waals surface area (Å²) in [6.45, 7) is 4.40. The molecule has 5 heteroatoms. The summed E-state index contributed by atoms with van der Waals surface area (Å²) in [4.78, 5) is 0.286. The van der Waals surface area contributed by atoms with Crippen LogP contribution in [-0.4, -0.2) is 15.0 Å². The van der Waals surface area contributed by atoms with E-state index in [-0.39, 0.29) is 10.3 Å². The number of nitrogen functional groups attached to an aromatic ring is 1. The van der Waals surface area contributed by atoms with E-state index < -0.39 is 10.0 Å². The number of nitrogens with two attached hydrogens (primary N) is 1. The van der Waals surface area contributed by atoms with Crippen LogP contribution in [0.4, 0.5) is 5.69 Å². The normalized spacial score (nSPS) is 18.0. The first-order valence-electron chi connectivity index (χ1n) is 5.68. The van der Waals surface area contributed by atoms with Gasteiger partial charge in [-0.2, -0.15) is 0 Å². The van der Waals surface area contributed by atoms with E-state index in [4.69, 9.17) is 5.73 Å². The topological polar surface area (TPSA) is 72.2 Å². The maximum Gasteiger partial charge on any atom is 0.240 e. The van der Waals surface area contributed by atoms with E-state index in [2.05, 4.69) is 11.6 Å². The van der Waals surface area contributed by atoms with Gasteiger partial charge in [-0.05, 0) is 48.9 Å². The van der Waals surface area contributed by atoms with Gasteiger partial charge in [-0.3, -0.25) is 0 Å². The molecule has 0 radical (unpaired) electrons. The van der Waals surface area contributed by atoms with Gasteiger partial charge in [-0.25, -0.2) is 13.1 Å². The summed E-state index contributed by atoms with van der Waals surface area (Å²) in [5.74, 6) is 0. The van der Waals surface area contributed by atoms with Crippen LogP contribution < -0.4 is 10.5 Å². The van der Waals surface area contributed by atoms with E-state index in [0.29, 0.717) is 12.2 Å². The van der Waals surface area contributed by atoms with Crippen molar-refractivity contribution in [1.29, 1.82) is 0 Å². The second-order valence-electron chi connectivity index (χ2n) is 5.15. The first-order chi connectivity index (χ1) is 7.82. The molecule has 94 valence electrons. The predicted octanol–water partition coefficient (Wildman–Crippen LogP) is 1.66. The Morgan fingerprint density at radius 3 is 2.59 bits per heavy atom. The summed E-state index contributed by atoms with van der Waals surface area (Å²) in [6, 6.07) is 4.77. The number of hydrogen-bond donors (Lipinski definition) is 2. The van der Waals surface area contributed by atoms with Crippen molar-refractivity contribution >= 4 is 15.7 Å². The van der Waals surface area contributed by atoms with E-state index in [1.807, 2.05) is 0 Å². The van der Waals surface area contributed by atoms with Gasteiger partial charge in [0.15, 0.2) is 0 Å². The van der Waals surface area contributed by atoms with Crippen molar-refractivity contribution in [2.75, 3.05) is 12.3 Å². The molecule has 0 heterocycles. The zero-order valence-electron chi connectivity index (χ0n) is 10.2. The Kier molecular flexibility index (Phi) is 2.91. The Bertz CT molecular complexity index is 533. The van der Waals surface area contributed by atoms with Gasteiger partial charge in [0.1, 0.15) is 0 Å². The fourth-order valence-electron chi connectivity index (χ4n) is 1.56. The van der Waals surface area contributed by atoms with Crippen LogP contribution in [0.15, 0.2) is 23.1 Å². The van der Waals surface area contributed by atoms with Crippen molar-refractivity contribution in [2.24, 2.45) is 5.41 Å². The summed E-state index contributed by atoms with van der Waals surface area (Å²) in [7, 11) is -3.40. The van der Waals surface area contributed by atoms with Gasteiger partial charge in [-0.15, -0.1) is 0 Å². The van der Waals surface area contributed by atoms with Crippen LogP contribution in [0.2, 0.25) is 0 Å². The van der Waals surface area contributed by atoms with Gasteiger partial charge < -0.3 is 5.73 Å². The van der Waals surface area contributed by atoms with E-state index in [0.717, 1.165) is 18.4 Å². The minimum Gasteiger partial charge on any atom is -0.399 e. The molecule has 0 aromatic heterocycles. The molecule has 0 amide bonds. The van der Waals surface area contributed by atoms with Gasteiger partial charge in [-0.1, -0.05) is 6.92 Å². The zero-order valence-corrected chi connectivity index (χ0v) is 11.0. The van der Waals surface area contributed by atoms with Gasteiger partial charge >= 0.3 is 0 Å². The number of benzene rings is 1. The van der Waals surface area contributed by atoms with Gasteiger partial charge in [0.05, 0.1) is 4.90 Å². The standard InChI is InChI=1S/C12H18N2O2S/c1-9-7-10(3-4-11(9)13)17(15,16)14-8-12(2)5-6-12/h3-4,7,14H,5-6,8,13H2,1-2H3. The minimum atomic E-state index is -3.40. The summed E-state index contributed by atoms with van der Waals surface area (Å²) < 4.78 is 26.7. The fourth-order valence-corrected chi connectivity index (χ4v) is 2.84. The summed E-state index contributed by atoms with van der Waals surface area (Å²) in [5, 5.41) is 0. The number of nitrogens with one attached hydrogen (secondary N) is 1.